The van der Waals surface area contributed by atoms with Gasteiger partial charge in [0.05, 0.1) is 0 Å². The summed E-state index contributed by atoms with van der Waals surface area (Å²) in [5, 5.41) is 0. The van der Waals surface area contributed by atoms with Crippen LogP contribution in [0.5, 0.6) is 0 Å². The van der Waals surface area contributed by atoms with Gasteiger partial charge in [0, 0.05) is 56.9 Å². The zero-order valence-corrected chi connectivity index (χ0v) is 17.8. The summed E-state index contributed by atoms with van der Waals surface area (Å²) in [6, 6.07) is 0. The second-order valence-electron chi connectivity index (χ2n) is 3.53. The monoisotopic (exact) mass is 372 g/mol. The molecule has 0 aromatic rings. The highest BCUT2D eigenvalue weighted by Crippen LogP contribution is 2.41. The second kappa shape index (κ2) is 11.1. The van der Waals surface area contributed by atoms with Crippen LogP contribution in [-0.2, 0) is 35.4 Å². The Balaban J connectivity index is 6.15. The molecule has 0 rings (SSSR count). The van der Waals surface area contributed by atoms with E-state index >= 15 is 0 Å². The third-order valence-electron chi connectivity index (χ3n) is 2.71. The molecule has 124 valence electrons. The highest BCUT2D eigenvalue weighted by atomic mass is 28.5. The molecule has 0 N–H and O–H groups in total. The van der Waals surface area contributed by atoms with E-state index in [0.29, 0.717) is 0 Å². The van der Waals surface area contributed by atoms with Crippen molar-refractivity contribution in [2.45, 2.75) is 3.91 Å². The molecule has 0 saturated heterocycles. The van der Waals surface area contributed by atoms with Gasteiger partial charge >= 0.3 is 37.1 Å². The first-order chi connectivity index (χ1) is 10.1. The van der Waals surface area contributed by atoms with Crippen molar-refractivity contribution >= 4 is 37.1 Å². The fourth-order valence-corrected chi connectivity index (χ4v) is 16.5. The summed E-state index contributed by atoms with van der Waals surface area (Å²) in [4.78, 5) is 0. The maximum absolute atomic E-state index is 5.59. The van der Waals surface area contributed by atoms with Gasteiger partial charge in [0.2, 0.25) is 0 Å². The summed E-state index contributed by atoms with van der Waals surface area (Å²) in [7, 11) is 5.00. The van der Waals surface area contributed by atoms with Crippen LogP contribution in [0.25, 0.3) is 0 Å². The molecule has 0 aromatic carbocycles. The smallest absolute Gasteiger partial charge is 0.396 e. The molecule has 4 radical (unpaired) electrons. The van der Waals surface area contributed by atoms with Crippen LogP contribution in [0.3, 0.4) is 0 Å². The maximum atomic E-state index is 5.59. The van der Waals surface area contributed by atoms with Crippen LogP contribution in [0.4, 0.5) is 0 Å². The molecule has 0 aromatic heterocycles. The molecular weight excluding hydrogens is 348 g/mol. The Morgan fingerprint density at radius 2 is 0.524 bits per heavy atom. The van der Waals surface area contributed by atoms with Gasteiger partial charge in [-0.05, 0) is 0 Å². The van der Waals surface area contributed by atoms with Gasteiger partial charge in [-0.1, -0.05) is 0 Å². The van der Waals surface area contributed by atoms with E-state index in [9.17, 15) is 0 Å². The molecule has 12 heteroatoms. The van der Waals surface area contributed by atoms with Gasteiger partial charge in [0.25, 0.3) is 0 Å². The minimum Gasteiger partial charge on any atom is -0.397 e. The first kappa shape index (κ1) is 21.5. The van der Waals surface area contributed by atoms with Crippen molar-refractivity contribution in [3.05, 3.63) is 0 Å². The van der Waals surface area contributed by atoms with Crippen LogP contribution in [0.2, 0.25) is 3.91 Å². The van der Waals surface area contributed by atoms with Gasteiger partial charge in [-0.2, -0.15) is 0 Å². The Labute approximate surface area is 133 Å². The average Bonchev–Trinajstić information content (AvgIpc) is 2.51. The summed E-state index contributed by atoms with van der Waals surface area (Å²) in [5.41, 5.74) is 0. The van der Waals surface area contributed by atoms with Crippen LogP contribution >= 0.6 is 0 Å². The van der Waals surface area contributed by atoms with Gasteiger partial charge < -0.3 is 35.4 Å². The predicted molar refractivity (Wildman–Crippen MR) is 81.8 cm³/mol. The normalized spacial score (nSPS) is 13.1. The molecule has 0 spiro atoms. The molecular formula is C9H24O8Si4. The highest BCUT2D eigenvalue weighted by molar-refractivity contribution is 7.03. The zero-order valence-electron chi connectivity index (χ0n) is 13.8. The van der Waals surface area contributed by atoms with Crippen molar-refractivity contribution in [2.24, 2.45) is 0 Å². The SMILES string of the molecule is CO[Si](OC)C([Si](OC)OC)([Si](OC)OC)[Si](OC)OC. The van der Waals surface area contributed by atoms with Crippen molar-refractivity contribution in [1.82, 2.24) is 0 Å². The fraction of sp³-hybridized carbons (Fsp3) is 1.00. The molecule has 0 aliphatic carbocycles. The number of rotatable bonds is 12. The lowest BCUT2D eigenvalue weighted by molar-refractivity contribution is 0.192. The summed E-state index contributed by atoms with van der Waals surface area (Å²) in [5.74, 6) is 0. The second-order valence-corrected chi connectivity index (χ2v) is 15.1. The molecule has 8 nitrogen and oxygen atoms in total. The van der Waals surface area contributed by atoms with E-state index in [1.807, 2.05) is 0 Å². The van der Waals surface area contributed by atoms with Gasteiger partial charge in [-0.3, -0.25) is 0 Å². The summed E-state index contributed by atoms with van der Waals surface area (Å²) >= 11 is 0. The van der Waals surface area contributed by atoms with Crippen LogP contribution in [-0.4, -0.2) is 94.0 Å². The quantitative estimate of drug-likeness (QED) is 0.423. The van der Waals surface area contributed by atoms with Crippen LogP contribution in [0.1, 0.15) is 0 Å². The largest absolute Gasteiger partial charge is 0.397 e. The molecule has 21 heavy (non-hydrogen) atoms. The molecule has 0 unspecified atom stereocenters. The van der Waals surface area contributed by atoms with E-state index in [4.69, 9.17) is 35.4 Å². The minimum absolute atomic E-state index is 0.801. The van der Waals surface area contributed by atoms with E-state index in [2.05, 4.69) is 0 Å². The Morgan fingerprint density at radius 1 is 0.381 bits per heavy atom. The van der Waals surface area contributed by atoms with Crippen molar-refractivity contribution in [1.29, 1.82) is 0 Å². The van der Waals surface area contributed by atoms with Crippen LogP contribution < -0.4 is 0 Å². The maximum Gasteiger partial charge on any atom is 0.396 e. The van der Waals surface area contributed by atoms with Crippen LogP contribution in [0.15, 0.2) is 0 Å². The molecule has 0 aliphatic heterocycles. The molecule has 0 heterocycles. The van der Waals surface area contributed by atoms with Crippen LogP contribution in [0, 0.1) is 0 Å². The Hall–Kier alpha value is 0.548. The first-order valence-corrected chi connectivity index (χ1v) is 11.2. The number of hydrogen-bond acceptors (Lipinski definition) is 8. The van der Waals surface area contributed by atoms with Gasteiger partial charge in [-0.25, -0.2) is 0 Å². The van der Waals surface area contributed by atoms with E-state index in [1.54, 1.807) is 56.9 Å². The molecule has 0 fully saturated rings. The lowest BCUT2D eigenvalue weighted by Gasteiger charge is -2.41. The van der Waals surface area contributed by atoms with E-state index in [0.717, 1.165) is 0 Å². The standard InChI is InChI=1S/C9H24O8Si4/c1-10-18(11-2)9(19(12-3)13-4,20(14-5)15-6)21(16-7)17-8/h1-8H3. The van der Waals surface area contributed by atoms with E-state index < -0.39 is 41.0 Å². The van der Waals surface area contributed by atoms with E-state index in [-0.39, 0.29) is 0 Å². The Kier molecular flexibility index (Phi) is 11.4. The third-order valence-corrected chi connectivity index (χ3v) is 15.5. The van der Waals surface area contributed by atoms with Gasteiger partial charge in [0.1, 0.15) is 0 Å². The minimum atomic E-state index is -1.90. The first-order valence-electron chi connectivity index (χ1n) is 5.90. The zero-order chi connectivity index (χ0) is 16.5. The molecule has 0 bridgehead atoms. The molecule has 0 amide bonds. The van der Waals surface area contributed by atoms with Gasteiger partial charge in [-0.15, -0.1) is 0 Å². The lowest BCUT2D eigenvalue weighted by Crippen LogP contribution is -2.67. The van der Waals surface area contributed by atoms with Crippen molar-refractivity contribution in [3.8, 4) is 0 Å². The highest BCUT2D eigenvalue weighted by Gasteiger charge is 2.71. The number of hydrogen-bond donors (Lipinski definition) is 0. The predicted octanol–water partition coefficient (Wildman–Crippen LogP) is -0.532. The van der Waals surface area contributed by atoms with Crippen molar-refractivity contribution in [2.75, 3.05) is 56.9 Å². The van der Waals surface area contributed by atoms with E-state index in [1.165, 1.54) is 0 Å². The Morgan fingerprint density at radius 3 is 0.619 bits per heavy atom. The molecule has 0 saturated carbocycles. The topological polar surface area (TPSA) is 73.8 Å². The molecule has 0 aliphatic rings. The fourth-order valence-electron chi connectivity index (χ4n) is 2.06. The van der Waals surface area contributed by atoms with Crippen molar-refractivity contribution < 1.29 is 35.4 Å². The summed E-state index contributed by atoms with van der Waals surface area (Å²) in [6.45, 7) is 0. The third kappa shape index (κ3) is 4.30. The lowest BCUT2D eigenvalue weighted by atomic mass is 11.7. The van der Waals surface area contributed by atoms with Crippen molar-refractivity contribution in [3.63, 3.8) is 0 Å². The van der Waals surface area contributed by atoms with Gasteiger partial charge in [0.15, 0.2) is 3.91 Å². The average molecular weight is 373 g/mol. The summed E-state index contributed by atoms with van der Waals surface area (Å²) < 4.78 is 44.0. The summed E-state index contributed by atoms with van der Waals surface area (Å²) in [6.07, 6.45) is 0. The molecule has 0 atom stereocenters. The Bertz CT molecular complexity index is 205.